The third-order valence-electron chi connectivity index (χ3n) is 16.7. The number of imide groups is 1. The topological polar surface area (TPSA) is 155 Å². The maximum atomic E-state index is 15.6. The molecule has 1 aromatic heterocycles. The molecular formula is C75H67BF2N4O9+. The van der Waals surface area contributed by atoms with E-state index in [-0.39, 0.29) is 47.9 Å². The molecule has 8 aromatic carbocycles. The summed E-state index contributed by atoms with van der Waals surface area (Å²) in [5.41, 5.74) is 12.0. The molecule has 0 saturated heterocycles. The Morgan fingerprint density at radius 1 is 0.626 bits per heavy atom. The van der Waals surface area contributed by atoms with Crippen LogP contribution in [-0.4, -0.2) is 58.4 Å². The van der Waals surface area contributed by atoms with Gasteiger partial charge in [0.2, 0.25) is 0 Å². The lowest BCUT2D eigenvalue weighted by Gasteiger charge is -2.31. The number of aromatic amines is 1. The number of halogens is 2. The van der Waals surface area contributed by atoms with Crippen molar-refractivity contribution >= 4 is 88.0 Å². The Balaban J connectivity index is 0.00000909. The van der Waals surface area contributed by atoms with Crippen LogP contribution in [0.3, 0.4) is 0 Å². The zero-order chi connectivity index (χ0) is 63.3. The number of Topliss-reactive ketones (excluding diaryl/α,β-unsaturated/α-hetero) is 1. The van der Waals surface area contributed by atoms with Crippen molar-refractivity contribution in [1.82, 2.24) is 4.98 Å². The molecule has 11 rings (SSSR count). The largest absolute Gasteiger partial charge is 0.792 e. The third-order valence-corrected chi connectivity index (χ3v) is 16.7. The van der Waals surface area contributed by atoms with Crippen molar-refractivity contribution in [3.05, 3.63) is 271 Å². The van der Waals surface area contributed by atoms with Gasteiger partial charge in [0.25, 0.3) is 11.8 Å². The van der Waals surface area contributed by atoms with Crippen molar-refractivity contribution in [2.75, 3.05) is 9.80 Å². The highest BCUT2D eigenvalue weighted by Crippen LogP contribution is 2.45. The Bertz CT molecular complexity index is 4380. The van der Waals surface area contributed by atoms with Crippen LogP contribution in [-0.2, 0) is 38.7 Å². The minimum Gasteiger partial charge on any atom is -0.457 e. The van der Waals surface area contributed by atoms with Crippen molar-refractivity contribution in [1.29, 1.82) is 0 Å². The molecular weight excluding hydrogens is 1150 g/mol. The lowest BCUT2D eigenvalue weighted by molar-refractivity contribution is -0.320. The number of H-pyrrole nitrogens is 1. The van der Waals surface area contributed by atoms with Crippen molar-refractivity contribution < 1.29 is 56.5 Å². The highest BCUT2D eigenvalue weighted by molar-refractivity contribution is 6.36. The number of ether oxygens (including phenoxy) is 3. The number of benzene rings is 8. The number of carbonyl (C=O) groups is 6. The van der Waals surface area contributed by atoms with Crippen LogP contribution >= 0.6 is 0 Å². The summed E-state index contributed by atoms with van der Waals surface area (Å²) in [7, 11) is 0.399. The van der Waals surface area contributed by atoms with Gasteiger partial charge in [-0.1, -0.05) is 116 Å². The zero-order valence-electron chi connectivity index (χ0n) is 51.6. The number of carbonyl (C=O) groups excluding carboxylic acids is 6. The van der Waals surface area contributed by atoms with Gasteiger partial charge in [-0.05, 0) is 165 Å². The predicted molar refractivity (Wildman–Crippen MR) is 351 cm³/mol. The number of anilines is 4. The number of para-hydroxylation sites is 1. The molecule has 0 fully saturated rings. The molecule has 2 amide bonds. The second-order valence-electron chi connectivity index (χ2n) is 22.6. The Hall–Kier alpha value is -10.6. The van der Waals surface area contributed by atoms with Crippen molar-refractivity contribution in [2.45, 2.75) is 93.8 Å². The summed E-state index contributed by atoms with van der Waals surface area (Å²) in [6.07, 6.45) is 2.63. The summed E-state index contributed by atoms with van der Waals surface area (Å²) < 4.78 is 34.5. The first-order chi connectivity index (χ1) is 43.6. The van der Waals surface area contributed by atoms with Crippen LogP contribution < -0.4 is 14.5 Å². The number of aromatic nitrogens is 1. The molecule has 16 heteroatoms. The first kappa shape index (κ1) is 63.4. The van der Waals surface area contributed by atoms with Gasteiger partial charge in [0.15, 0.2) is 17.2 Å². The summed E-state index contributed by atoms with van der Waals surface area (Å²) in [5.74, 6) is -2.73. The number of aryl methyl sites for hydroxylation is 4. The number of esters is 3. The summed E-state index contributed by atoms with van der Waals surface area (Å²) in [6.45, 7) is 12.7. The lowest BCUT2D eigenvalue weighted by Crippen LogP contribution is -2.40. The molecule has 0 atom stereocenters. The van der Waals surface area contributed by atoms with Gasteiger partial charge in [-0.2, -0.15) is 0 Å². The average molecular weight is 1220 g/mol. The molecule has 2 aliphatic rings. The number of hydrogen-bond acceptors (Lipinski definition) is 10. The van der Waals surface area contributed by atoms with Crippen LogP contribution in [0.5, 0.6) is 5.75 Å². The van der Waals surface area contributed by atoms with E-state index in [9.17, 15) is 28.8 Å². The number of ketones is 1. The predicted octanol–water partition coefficient (Wildman–Crippen LogP) is 15.9. The van der Waals surface area contributed by atoms with Crippen LogP contribution in [0.15, 0.2) is 199 Å². The highest BCUT2D eigenvalue weighted by Gasteiger charge is 2.43. The monoisotopic (exact) mass is 1220 g/mol. The molecule has 0 unspecified atom stereocenters. The molecule has 9 aromatic rings. The first-order valence-corrected chi connectivity index (χ1v) is 30.0. The van der Waals surface area contributed by atoms with E-state index in [4.69, 9.17) is 14.2 Å². The van der Waals surface area contributed by atoms with E-state index in [0.29, 0.717) is 108 Å². The molecule has 1 radical (unpaired) electrons. The molecule has 2 aliphatic heterocycles. The number of hydrogen-bond donors (Lipinski definition) is 1. The first-order valence-electron chi connectivity index (χ1n) is 30.0. The fraction of sp³-hybridized carbons (Fsp3) is 0.187. The van der Waals surface area contributed by atoms with Gasteiger partial charge in [-0.3, -0.25) is 23.9 Å². The second-order valence-corrected chi connectivity index (χ2v) is 22.6. The molecule has 0 saturated carbocycles. The van der Waals surface area contributed by atoms with Gasteiger partial charge in [-0.25, -0.2) is 23.3 Å². The number of nitrogens with zero attached hydrogens (tertiary/aromatic N) is 3. The number of amides is 2. The van der Waals surface area contributed by atoms with Gasteiger partial charge in [0.05, 0.1) is 34.6 Å². The van der Waals surface area contributed by atoms with E-state index < -0.39 is 29.7 Å². The van der Waals surface area contributed by atoms with E-state index in [1.807, 2.05) is 164 Å². The minimum absolute atomic E-state index is 0. The van der Waals surface area contributed by atoms with Crippen LogP contribution in [0.4, 0.5) is 31.8 Å². The summed E-state index contributed by atoms with van der Waals surface area (Å²) in [5, 5.41) is 1.26. The molecule has 457 valence electrons. The van der Waals surface area contributed by atoms with E-state index in [2.05, 4.69) is 11.9 Å². The average Bonchev–Trinajstić information content (AvgIpc) is 1.63. The Morgan fingerprint density at radius 2 is 1.21 bits per heavy atom. The van der Waals surface area contributed by atoms with E-state index >= 15 is 4.32 Å². The fourth-order valence-electron chi connectivity index (χ4n) is 12.3. The minimum atomic E-state index is -0.645. The van der Waals surface area contributed by atoms with Crippen LogP contribution in [0.1, 0.15) is 138 Å². The van der Waals surface area contributed by atoms with Crippen LogP contribution in [0, 0.1) is 27.7 Å². The normalized spacial score (nSPS) is 13.3. The molecule has 13 nitrogen and oxygen atoms in total. The second kappa shape index (κ2) is 27.4. The van der Waals surface area contributed by atoms with E-state index in [1.165, 1.54) is 9.39 Å². The van der Waals surface area contributed by atoms with Gasteiger partial charge in [-0.15, -0.1) is 0 Å². The molecule has 0 bridgehead atoms. The van der Waals surface area contributed by atoms with E-state index in [0.717, 1.165) is 47.3 Å². The van der Waals surface area contributed by atoms with Crippen molar-refractivity contribution in [3.63, 3.8) is 0 Å². The number of rotatable bonds is 21. The molecule has 1 N–H and O–H groups in total. The lowest BCUT2D eigenvalue weighted by atomic mass is 9.87. The number of nitrogens with one attached hydrogen (secondary N) is 1. The maximum Gasteiger partial charge on any atom is 0.792 e. The van der Waals surface area contributed by atoms with E-state index in [1.54, 1.807) is 64.1 Å². The number of allylic oxidation sites excluding steroid dienone is 1. The Labute approximate surface area is 527 Å². The van der Waals surface area contributed by atoms with Gasteiger partial charge < -0.3 is 24.1 Å². The van der Waals surface area contributed by atoms with Crippen LogP contribution in [0.25, 0.3) is 16.3 Å². The highest BCUT2D eigenvalue weighted by atomic mass is 19.1. The SMILES string of the molecule is CCCCc1ccc(N2C(=O)c3cccc4c(N(c5ccccc5)c5ccc(C(=O)CCC(=O)Oc6cc(C)c(/C(=C7\C(C)=C(C(=O)OCc8ccccc8)C(C)=[N+]7[B]F)c7[nH]c(C)c(C(=O)OCc8ccccc8)c7C)c(C)c6)cc5)ccc(c34)C2=O)cc1.F. The molecule has 0 aliphatic carbocycles. The third kappa shape index (κ3) is 12.7. The van der Waals surface area contributed by atoms with Gasteiger partial charge >= 0.3 is 25.6 Å². The number of unbranched alkanes of at least 4 members (excludes halogenated alkanes) is 1. The standard InChI is InChI=1S/C75H66BFN4O9.FH/c1-8-9-20-51-29-33-57(34-30-51)80-72(84)60-28-19-27-59-62(38-37-61(68(59)60)73(80)85)79(55-25-17-12-18-26-55)56-35-31-54(32-36-56)63(82)39-40-64(83)90-58-41-45(2)65(46(3)42-58)69(70-47(4)66(49(6)78-70)74(86)88-43-52-21-13-10-14-22-52)71-48(5)67(50(7)81(71)76-77)75(87)89-44-53-23-15-11-16-24-53;/h10-19,21-38,41-42,78H,8-9,20,39-40,43-44H2,1-7H3;1H/q+1;. The summed E-state index contributed by atoms with van der Waals surface area (Å²) in [4.78, 5) is 90.9. The summed E-state index contributed by atoms with van der Waals surface area (Å²) >= 11 is 0. The van der Waals surface area contributed by atoms with Gasteiger partial charge in [0.1, 0.15) is 24.5 Å². The van der Waals surface area contributed by atoms with Gasteiger partial charge in [0, 0.05) is 63.4 Å². The van der Waals surface area contributed by atoms with Crippen molar-refractivity contribution in [3.8, 4) is 5.75 Å². The molecule has 0 spiro atoms. The smallest absolute Gasteiger partial charge is 0.457 e. The fourth-order valence-corrected chi connectivity index (χ4v) is 12.3. The zero-order valence-corrected chi connectivity index (χ0v) is 51.6. The van der Waals surface area contributed by atoms with Crippen LogP contribution in [0.2, 0.25) is 0 Å². The maximum absolute atomic E-state index is 15.6. The molecule has 91 heavy (non-hydrogen) atoms. The Kier molecular flexibility index (Phi) is 19.1. The van der Waals surface area contributed by atoms with Crippen molar-refractivity contribution in [2.24, 2.45) is 0 Å². The summed E-state index contributed by atoms with van der Waals surface area (Å²) in [6, 6.07) is 55.4. The quantitative estimate of drug-likeness (QED) is 0.0242. The molecule has 3 heterocycles. The Morgan fingerprint density at radius 3 is 1.81 bits per heavy atom.